The molecule has 10 N–H and O–H groups in total. The lowest BCUT2D eigenvalue weighted by atomic mass is 9.98. The molecule has 308 valence electrons. The number of carbonyl (C=O) groups is 8. The number of benzene rings is 1. The summed E-state index contributed by atoms with van der Waals surface area (Å²) < 4.78 is 15.7. The third-order valence-corrected chi connectivity index (χ3v) is 9.06. The molecule has 0 heterocycles. The minimum atomic E-state index is -4.88. The van der Waals surface area contributed by atoms with E-state index in [4.69, 9.17) is 9.79 Å². The lowest BCUT2D eigenvalue weighted by Gasteiger charge is -2.27. The van der Waals surface area contributed by atoms with E-state index in [9.17, 15) is 58.2 Å². The van der Waals surface area contributed by atoms with Crippen molar-refractivity contribution in [2.75, 3.05) is 11.9 Å². The zero-order valence-corrected chi connectivity index (χ0v) is 32.8. The molecule has 5 amide bonds. The summed E-state index contributed by atoms with van der Waals surface area (Å²) in [5.74, 6) is -8.63. The van der Waals surface area contributed by atoms with Gasteiger partial charge in [-0.25, -0.2) is 9.36 Å². The Morgan fingerprint density at radius 1 is 0.727 bits per heavy atom. The highest BCUT2D eigenvalue weighted by molar-refractivity contribution is 9.09. The second-order valence-corrected chi connectivity index (χ2v) is 14.3. The number of amides is 5. The van der Waals surface area contributed by atoms with Crippen molar-refractivity contribution in [1.29, 1.82) is 0 Å². The molecule has 0 radical (unpaired) electrons. The lowest BCUT2D eigenvalue weighted by Crippen LogP contribution is -2.58. The highest BCUT2D eigenvalue weighted by atomic mass is 79.9. The topological polar surface area (TPSA) is 324 Å². The van der Waals surface area contributed by atoms with Crippen LogP contribution in [0.3, 0.4) is 0 Å². The number of alkyl halides is 1. The molecule has 1 aromatic rings. The summed E-state index contributed by atoms with van der Waals surface area (Å²) in [6.45, 7) is 3.64. The Kier molecular flexibility index (Phi) is 21.8. The van der Waals surface area contributed by atoms with Crippen LogP contribution in [0.1, 0.15) is 77.2 Å². The average Bonchev–Trinajstić information content (AvgIpc) is 3.10. The molecule has 0 saturated carbocycles. The number of carboxylic acids is 3. The van der Waals surface area contributed by atoms with Crippen molar-refractivity contribution < 1.29 is 72.6 Å². The van der Waals surface area contributed by atoms with Crippen LogP contribution in [-0.4, -0.2) is 109 Å². The summed E-state index contributed by atoms with van der Waals surface area (Å²) in [5.41, 5.74) is 0.368. The van der Waals surface area contributed by atoms with Crippen LogP contribution in [0.2, 0.25) is 0 Å². The van der Waals surface area contributed by atoms with Crippen LogP contribution in [0, 0.1) is 5.92 Å². The largest absolute Gasteiger partial charge is 0.524 e. The first-order chi connectivity index (χ1) is 25.8. The molecule has 55 heavy (non-hydrogen) atoms. The number of carboxylic acid groups (broad SMARTS) is 3. The first-order valence-corrected chi connectivity index (χ1v) is 19.9. The van der Waals surface area contributed by atoms with Crippen molar-refractivity contribution in [3.8, 4) is 5.75 Å². The van der Waals surface area contributed by atoms with Crippen molar-refractivity contribution in [3.63, 3.8) is 0 Å². The van der Waals surface area contributed by atoms with Gasteiger partial charge in [0, 0.05) is 32.2 Å². The zero-order chi connectivity index (χ0) is 41.7. The first kappa shape index (κ1) is 48.4. The normalized spacial score (nSPS) is 13.8. The summed E-state index contributed by atoms with van der Waals surface area (Å²) in [5, 5.41) is 40.6. The van der Waals surface area contributed by atoms with E-state index in [2.05, 4.69) is 47.0 Å². The number of aliphatic carboxylic acids is 3. The van der Waals surface area contributed by atoms with E-state index in [1.165, 1.54) is 24.3 Å². The van der Waals surface area contributed by atoms with Gasteiger partial charge in [0.25, 0.3) is 0 Å². The van der Waals surface area contributed by atoms with Crippen molar-refractivity contribution in [2.45, 2.75) is 102 Å². The average molecular weight is 867 g/mol. The molecule has 0 aliphatic heterocycles. The zero-order valence-electron chi connectivity index (χ0n) is 30.3. The Labute approximate surface area is 325 Å². The third-order valence-electron chi connectivity index (χ3n) is 8.10. The van der Waals surface area contributed by atoms with Crippen LogP contribution in [0.15, 0.2) is 24.3 Å². The number of unbranched alkanes of at least 4 members (excludes halogenated alkanes) is 2. The van der Waals surface area contributed by atoms with E-state index in [1.807, 2.05) is 0 Å². The van der Waals surface area contributed by atoms with E-state index >= 15 is 0 Å². The van der Waals surface area contributed by atoms with Gasteiger partial charge in [-0.1, -0.05) is 54.8 Å². The molecule has 22 heteroatoms. The van der Waals surface area contributed by atoms with Gasteiger partial charge in [0.1, 0.15) is 29.9 Å². The summed E-state index contributed by atoms with van der Waals surface area (Å²) in [6, 6.07) is -0.866. The van der Waals surface area contributed by atoms with Gasteiger partial charge in [-0.05, 0) is 49.3 Å². The van der Waals surface area contributed by atoms with Gasteiger partial charge in [0.15, 0.2) is 0 Å². The van der Waals surface area contributed by atoms with Crippen LogP contribution in [-0.2, 0) is 49.3 Å². The van der Waals surface area contributed by atoms with Crippen LogP contribution in [0.5, 0.6) is 5.75 Å². The van der Waals surface area contributed by atoms with Crippen molar-refractivity contribution in [1.82, 2.24) is 26.6 Å². The molecule has 0 aromatic heterocycles. The Morgan fingerprint density at radius 3 is 1.73 bits per heavy atom. The van der Waals surface area contributed by atoms with E-state index < -0.39 is 105 Å². The number of rotatable bonds is 27. The molecular weight excluding hydrogens is 817 g/mol. The molecule has 0 saturated heterocycles. The summed E-state index contributed by atoms with van der Waals surface area (Å²) >= 11 is 3.04. The smallest absolute Gasteiger partial charge is 0.481 e. The van der Waals surface area contributed by atoms with Crippen molar-refractivity contribution in [3.05, 3.63) is 29.8 Å². The quantitative estimate of drug-likeness (QED) is 0.0328. The first-order valence-electron chi connectivity index (χ1n) is 17.3. The van der Waals surface area contributed by atoms with E-state index in [1.54, 1.807) is 13.8 Å². The van der Waals surface area contributed by atoms with Gasteiger partial charge >= 0.3 is 25.7 Å². The lowest BCUT2D eigenvalue weighted by molar-refractivity contribution is -0.144. The Balaban J connectivity index is 3.30. The minimum Gasteiger partial charge on any atom is -0.481 e. The number of phosphoric ester groups is 1. The van der Waals surface area contributed by atoms with Gasteiger partial charge < -0.3 is 46.4 Å². The van der Waals surface area contributed by atoms with Gasteiger partial charge in [0.05, 0.1) is 5.33 Å². The maximum atomic E-state index is 13.7. The predicted molar refractivity (Wildman–Crippen MR) is 197 cm³/mol. The summed E-state index contributed by atoms with van der Waals surface area (Å²) in [4.78, 5) is 118. The molecule has 0 bridgehead atoms. The molecule has 0 fully saturated rings. The van der Waals surface area contributed by atoms with E-state index in [0.29, 0.717) is 37.8 Å². The fourth-order valence-electron chi connectivity index (χ4n) is 4.95. The SMILES string of the molecule is CC[C@H](C)[C@H](NC(=O)[C@H](CCC(=O)O)NC(=O)[C@H](CCC(=O)O)NC(=O)[C@H](Cc1ccc(OP(=O)(O)O)cc1)NC(=O)CCCCCNC(=O)CBr)C(=O)O. The second-order valence-electron chi connectivity index (χ2n) is 12.5. The number of nitrogens with one attached hydrogen (secondary N) is 5. The number of hydrogen-bond acceptors (Lipinski definition) is 10. The highest BCUT2D eigenvalue weighted by Gasteiger charge is 2.33. The Hall–Kier alpha value is -4.59. The van der Waals surface area contributed by atoms with Crippen molar-refractivity contribution >= 4 is 71.2 Å². The molecule has 0 unspecified atom stereocenters. The number of carbonyl (C=O) groups excluding carboxylic acids is 5. The molecule has 1 aromatic carbocycles. The van der Waals surface area contributed by atoms with Gasteiger partial charge in [-0.3, -0.25) is 43.3 Å². The maximum absolute atomic E-state index is 13.7. The highest BCUT2D eigenvalue weighted by Crippen LogP contribution is 2.37. The fraction of sp³-hybridized carbons (Fsp3) is 0.576. The molecule has 1 rings (SSSR count). The van der Waals surface area contributed by atoms with Crippen LogP contribution in [0.25, 0.3) is 0 Å². The molecule has 20 nitrogen and oxygen atoms in total. The maximum Gasteiger partial charge on any atom is 0.524 e. The number of halogens is 1. The van der Waals surface area contributed by atoms with Crippen molar-refractivity contribution in [2.24, 2.45) is 5.92 Å². The second kappa shape index (κ2) is 24.7. The summed E-state index contributed by atoms with van der Waals surface area (Å²) in [7, 11) is -4.88. The molecule has 0 aliphatic carbocycles. The van der Waals surface area contributed by atoms with E-state index in [0.717, 1.165) is 0 Å². The van der Waals surface area contributed by atoms with Crippen LogP contribution < -0.4 is 31.1 Å². The fourth-order valence-corrected chi connectivity index (χ4v) is 5.55. The Bertz CT molecular complexity index is 1540. The molecule has 0 aliphatic rings. The molecule has 5 atom stereocenters. The van der Waals surface area contributed by atoms with Crippen LogP contribution in [0.4, 0.5) is 0 Å². The van der Waals surface area contributed by atoms with E-state index in [-0.39, 0.29) is 29.8 Å². The predicted octanol–water partition coefficient (Wildman–Crippen LogP) is 0.572. The number of phosphoric acid groups is 1. The Morgan fingerprint density at radius 2 is 1.25 bits per heavy atom. The summed E-state index contributed by atoms with van der Waals surface area (Å²) in [6.07, 6.45) is -0.677. The third kappa shape index (κ3) is 20.6. The number of hydrogen-bond donors (Lipinski definition) is 10. The van der Waals surface area contributed by atoms with Gasteiger partial charge in [-0.15, -0.1) is 0 Å². The minimum absolute atomic E-state index is 0.0392. The van der Waals surface area contributed by atoms with Gasteiger partial charge in [0.2, 0.25) is 29.5 Å². The standard InChI is InChI=1S/C33H49BrN5O15P/c1-3-19(2)29(33(49)50)39-31(47)23(13-15-28(44)45)37-30(46)22(12-14-27(42)43)38-32(48)24(17-20-8-10-21(11-9-20)54-55(51,52)53)36-25(40)7-5-4-6-16-35-26(41)18-34/h8-11,19,22-24,29H,3-7,12-18H2,1-2H3,(H,35,41)(H,36,40)(H,37,46)(H,38,48)(H,39,47)(H,42,43)(H,44,45)(H,49,50)(H2,51,52,53)/t19-,22-,23-,24-,29-/m0/s1. The molecule has 0 spiro atoms. The van der Waals surface area contributed by atoms with Gasteiger partial charge in [-0.2, -0.15) is 0 Å². The monoisotopic (exact) mass is 865 g/mol. The van der Waals surface area contributed by atoms with Crippen LogP contribution >= 0.6 is 23.8 Å². The molecular formula is C33H49BrN5O15P.